The van der Waals surface area contributed by atoms with Gasteiger partial charge in [-0.25, -0.2) is 8.42 Å². The fourth-order valence-electron chi connectivity index (χ4n) is 3.81. The molecule has 0 saturated carbocycles. The van der Waals surface area contributed by atoms with Crippen LogP contribution < -0.4 is 9.46 Å². The molecule has 1 aliphatic rings. The lowest BCUT2D eigenvalue weighted by Crippen LogP contribution is -2.43. The van der Waals surface area contributed by atoms with Crippen molar-refractivity contribution in [3.8, 4) is 5.75 Å². The Hall–Kier alpha value is -2.63. The van der Waals surface area contributed by atoms with Gasteiger partial charge >= 0.3 is 0 Å². The van der Waals surface area contributed by atoms with Gasteiger partial charge in [0.1, 0.15) is 16.9 Å². The van der Waals surface area contributed by atoms with Gasteiger partial charge in [0.25, 0.3) is 0 Å². The van der Waals surface area contributed by atoms with Crippen molar-refractivity contribution in [3.05, 3.63) is 36.2 Å². The maximum atomic E-state index is 13.0. The molecular weight excluding hydrogens is 424 g/mol. The molecule has 11 heteroatoms. The molecule has 10 nitrogen and oxygen atoms in total. The molecular formula is C20H26N4O6S. The number of nitrogens with one attached hydrogen (secondary N) is 1. The summed E-state index contributed by atoms with van der Waals surface area (Å²) in [6.45, 7) is 4.66. The van der Waals surface area contributed by atoms with E-state index in [0.29, 0.717) is 36.3 Å². The third kappa shape index (κ3) is 4.83. The molecule has 0 amide bonds. The van der Waals surface area contributed by atoms with Gasteiger partial charge < -0.3 is 18.7 Å². The summed E-state index contributed by atoms with van der Waals surface area (Å²) in [6, 6.07) is 5.43. The van der Waals surface area contributed by atoms with E-state index in [9.17, 15) is 8.42 Å². The maximum absolute atomic E-state index is 13.0. The van der Waals surface area contributed by atoms with E-state index in [0.717, 1.165) is 12.0 Å². The number of hydrogen-bond acceptors (Lipinski definition) is 8. The standard InChI is InChI=1S/C20H26N4O6S/c1-14(2)29-20(6-4-9-28-20)13-31(25,26)23-19-18-16(27-3)10-15(11-17(18)30-22-19)12-24-8-5-7-21-24/h5,7-8,10-11,14H,4,6,9,12-13H2,1-3H3,(H,22,23). The topological polar surface area (TPSA) is 118 Å². The van der Waals surface area contributed by atoms with Gasteiger partial charge in [-0.1, -0.05) is 5.16 Å². The first-order valence-electron chi connectivity index (χ1n) is 10.1. The molecule has 31 heavy (non-hydrogen) atoms. The Morgan fingerprint density at radius 3 is 2.84 bits per heavy atom. The summed E-state index contributed by atoms with van der Waals surface area (Å²) in [7, 11) is -2.34. The summed E-state index contributed by atoms with van der Waals surface area (Å²) in [5.74, 6) is -0.994. The van der Waals surface area contributed by atoms with E-state index >= 15 is 0 Å². The predicted molar refractivity (Wildman–Crippen MR) is 113 cm³/mol. The molecule has 1 aliphatic heterocycles. The Bertz CT molecular complexity index is 1130. The minimum Gasteiger partial charge on any atom is -0.496 e. The number of anilines is 1. The van der Waals surface area contributed by atoms with Crippen LogP contribution in [-0.4, -0.2) is 54.7 Å². The molecule has 168 valence electrons. The minimum atomic E-state index is -3.85. The molecule has 0 radical (unpaired) electrons. The molecule has 1 aromatic carbocycles. The SMILES string of the molecule is COc1cc(Cn2cccn2)cc2onc(NS(=O)(=O)CC3(OC(C)C)CCCO3)c12. The van der Waals surface area contributed by atoms with Crippen LogP contribution in [0.1, 0.15) is 32.3 Å². The fraction of sp³-hybridized carbons (Fsp3) is 0.500. The van der Waals surface area contributed by atoms with Crippen molar-refractivity contribution in [3.63, 3.8) is 0 Å². The van der Waals surface area contributed by atoms with Crippen LogP contribution >= 0.6 is 0 Å². The first kappa shape index (κ1) is 21.6. The van der Waals surface area contributed by atoms with Crippen LogP contribution in [0.4, 0.5) is 5.82 Å². The van der Waals surface area contributed by atoms with Gasteiger partial charge in [-0.05, 0) is 44.0 Å². The largest absolute Gasteiger partial charge is 0.496 e. The Morgan fingerprint density at radius 1 is 1.35 bits per heavy atom. The van der Waals surface area contributed by atoms with Gasteiger partial charge in [0.05, 0.1) is 26.4 Å². The second kappa shape index (κ2) is 8.48. The second-order valence-corrected chi connectivity index (χ2v) is 9.52. The molecule has 1 saturated heterocycles. The van der Waals surface area contributed by atoms with E-state index in [-0.39, 0.29) is 17.7 Å². The third-order valence-electron chi connectivity index (χ3n) is 4.90. The van der Waals surface area contributed by atoms with Crippen molar-refractivity contribution in [1.82, 2.24) is 14.9 Å². The molecule has 4 rings (SSSR count). The molecule has 0 spiro atoms. The highest BCUT2D eigenvalue weighted by Crippen LogP contribution is 2.35. The van der Waals surface area contributed by atoms with Gasteiger partial charge in [-0.15, -0.1) is 0 Å². The average Bonchev–Trinajstić information content (AvgIpc) is 3.43. The van der Waals surface area contributed by atoms with Gasteiger partial charge in [-0.2, -0.15) is 5.10 Å². The molecule has 3 aromatic rings. The lowest BCUT2D eigenvalue weighted by molar-refractivity contribution is -0.213. The summed E-state index contributed by atoms with van der Waals surface area (Å²) in [5, 5.41) is 8.57. The predicted octanol–water partition coefficient (Wildman–Crippen LogP) is 2.75. The molecule has 1 fully saturated rings. The number of benzene rings is 1. The molecule has 2 aromatic heterocycles. The number of fused-ring (bicyclic) bond motifs is 1. The monoisotopic (exact) mass is 450 g/mol. The van der Waals surface area contributed by atoms with Crippen LogP contribution in [0.2, 0.25) is 0 Å². The Labute approximate surface area is 180 Å². The lowest BCUT2D eigenvalue weighted by atomic mass is 10.1. The molecule has 1 atom stereocenters. The van der Waals surface area contributed by atoms with E-state index < -0.39 is 15.8 Å². The van der Waals surface area contributed by atoms with Crippen molar-refractivity contribution in [2.75, 3.05) is 24.2 Å². The van der Waals surface area contributed by atoms with Crippen LogP contribution in [0.15, 0.2) is 35.1 Å². The second-order valence-electron chi connectivity index (χ2n) is 7.80. The number of aromatic nitrogens is 3. The van der Waals surface area contributed by atoms with Gasteiger partial charge in [0.2, 0.25) is 10.0 Å². The quantitative estimate of drug-likeness (QED) is 0.529. The van der Waals surface area contributed by atoms with Crippen LogP contribution in [0.5, 0.6) is 5.75 Å². The van der Waals surface area contributed by atoms with E-state index in [2.05, 4.69) is 15.0 Å². The zero-order valence-electron chi connectivity index (χ0n) is 17.7. The normalized spacial score (nSPS) is 19.4. The van der Waals surface area contributed by atoms with Crippen molar-refractivity contribution in [1.29, 1.82) is 0 Å². The molecule has 1 unspecified atom stereocenters. The number of rotatable bonds is 9. The number of methoxy groups -OCH3 is 1. The van der Waals surface area contributed by atoms with Gasteiger partial charge in [0, 0.05) is 18.8 Å². The van der Waals surface area contributed by atoms with E-state index in [1.807, 2.05) is 32.2 Å². The van der Waals surface area contributed by atoms with E-state index in [4.69, 9.17) is 18.7 Å². The summed E-state index contributed by atoms with van der Waals surface area (Å²) < 4.78 is 52.6. The minimum absolute atomic E-state index is 0.0650. The van der Waals surface area contributed by atoms with E-state index in [1.165, 1.54) is 7.11 Å². The van der Waals surface area contributed by atoms with Crippen LogP contribution in [-0.2, 0) is 26.0 Å². The molecule has 3 heterocycles. The summed E-state index contributed by atoms with van der Waals surface area (Å²) >= 11 is 0. The van der Waals surface area contributed by atoms with Crippen molar-refractivity contribution in [2.45, 2.75) is 45.1 Å². The van der Waals surface area contributed by atoms with Crippen molar-refractivity contribution in [2.24, 2.45) is 0 Å². The number of nitrogens with zero attached hydrogens (tertiary/aromatic N) is 3. The Balaban J connectivity index is 1.60. The highest BCUT2D eigenvalue weighted by molar-refractivity contribution is 7.92. The maximum Gasteiger partial charge on any atom is 0.239 e. The number of sulfonamides is 1. The summed E-state index contributed by atoms with van der Waals surface area (Å²) in [4.78, 5) is 0. The highest BCUT2D eigenvalue weighted by Gasteiger charge is 2.42. The van der Waals surface area contributed by atoms with Crippen LogP contribution in [0, 0.1) is 0 Å². The molecule has 0 aliphatic carbocycles. The number of ether oxygens (including phenoxy) is 3. The highest BCUT2D eigenvalue weighted by atomic mass is 32.2. The molecule has 1 N–H and O–H groups in total. The van der Waals surface area contributed by atoms with Gasteiger partial charge in [0.15, 0.2) is 17.2 Å². The first-order valence-corrected chi connectivity index (χ1v) is 11.7. The Kier molecular flexibility index (Phi) is 5.91. The van der Waals surface area contributed by atoms with Crippen molar-refractivity contribution >= 4 is 26.8 Å². The van der Waals surface area contributed by atoms with Crippen LogP contribution in [0.3, 0.4) is 0 Å². The number of hydrogen-bond donors (Lipinski definition) is 1. The summed E-state index contributed by atoms with van der Waals surface area (Å²) in [6.07, 6.45) is 4.61. The fourth-order valence-corrected chi connectivity index (χ4v) is 5.19. The van der Waals surface area contributed by atoms with Crippen LogP contribution in [0.25, 0.3) is 11.0 Å². The molecule has 0 bridgehead atoms. The third-order valence-corrected chi connectivity index (χ3v) is 6.23. The van der Waals surface area contributed by atoms with E-state index in [1.54, 1.807) is 16.9 Å². The zero-order valence-corrected chi connectivity index (χ0v) is 18.5. The van der Waals surface area contributed by atoms with Gasteiger partial charge in [-0.3, -0.25) is 9.40 Å². The first-order chi connectivity index (χ1) is 14.8. The zero-order chi connectivity index (χ0) is 22.1. The smallest absolute Gasteiger partial charge is 0.239 e. The summed E-state index contributed by atoms with van der Waals surface area (Å²) in [5.41, 5.74) is 1.28. The van der Waals surface area contributed by atoms with Crippen molar-refractivity contribution < 1.29 is 27.2 Å². The average molecular weight is 451 g/mol. The lowest BCUT2D eigenvalue weighted by Gasteiger charge is -2.30. The Morgan fingerprint density at radius 2 is 2.19 bits per heavy atom.